The third-order valence-corrected chi connectivity index (χ3v) is 4.93. The van der Waals surface area contributed by atoms with E-state index in [9.17, 15) is 22.4 Å². The van der Waals surface area contributed by atoms with Crippen molar-refractivity contribution in [3.05, 3.63) is 41.5 Å². The minimum atomic E-state index is -4.91. The summed E-state index contributed by atoms with van der Waals surface area (Å²) in [6.45, 7) is 1.57. The molecule has 0 bridgehead atoms. The summed E-state index contributed by atoms with van der Waals surface area (Å²) in [5.41, 5.74) is -2.57. The average Bonchev–Trinajstić information content (AvgIpc) is 3.12. The molecule has 2 aromatic rings. The van der Waals surface area contributed by atoms with Gasteiger partial charge in [-0.2, -0.15) is 13.2 Å². The van der Waals surface area contributed by atoms with E-state index in [2.05, 4.69) is 15.6 Å². The molecule has 0 radical (unpaired) electrons. The predicted molar refractivity (Wildman–Crippen MR) is 93.5 cm³/mol. The van der Waals surface area contributed by atoms with Crippen molar-refractivity contribution >= 4 is 5.91 Å². The molecule has 3 rings (SSSR count). The summed E-state index contributed by atoms with van der Waals surface area (Å²) in [6.07, 6.45) is -2.52. The first kappa shape index (κ1) is 20.2. The lowest BCUT2D eigenvalue weighted by Crippen LogP contribution is -2.40. The minimum Gasteiger partial charge on any atom is -0.337 e. The highest BCUT2D eigenvalue weighted by Crippen LogP contribution is 2.34. The van der Waals surface area contributed by atoms with Gasteiger partial charge in [0.25, 0.3) is 5.91 Å². The summed E-state index contributed by atoms with van der Waals surface area (Å²) in [7, 11) is 1.86. The van der Waals surface area contributed by atoms with Crippen molar-refractivity contribution in [3.8, 4) is 5.69 Å². The zero-order chi connectivity index (χ0) is 20.3. The van der Waals surface area contributed by atoms with Gasteiger partial charge in [-0.1, -0.05) is 17.3 Å². The van der Waals surface area contributed by atoms with Crippen LogP contribution in [-0.2, 0) is 6.18 Å². The van der Waals surface area contributed by atoms with E-state index >= 15 is 0 Å². The summed E-state index contributed by atoms with van der Waals surface area (Å²) in [5.74, 6) is -1.29. The van der Waals surface area contributed by atoms with Crippen LogP contribution in [0, 0.1) is 11.7 Å². The Morgan fingerprint density at radius 3 is 2.54 bits per heavy atom. The zero-order valence-corrected chi connectivity index (χ0v) is 15.3. The van der Waals surface area contributed by atoms with Gasteiger partial charge in [0.05, 0.1) is 0 Å². The quantitative estimate of drug-likeness (QED) is 0.786. The first-order chi connectivity index (χ1) is 13.3. The lowest BCUT2D eigenvalue weighted by atomic mass is 9.93. The number of piperidine rings is 1. The maximum Gasteiger partial charge on any atom is 0.435 e. The van der Waals surface area contributed by atoms with Gasteiger partial charge in [0, 0.05) is 13.1 Å². The van der Waals surface area contributed by atoms with Crippen LogP contribution in [0.3, 0.4) is 0 Å². The summed E-state index contributed by atoms with van der Waals surface area (Å²) < 4.78 is 55.4. The van der Waals surface area contributed by atoms with Crippen LogP contribution in [0.15, 0.2) is 24.3 Å². The number of carbonyl (C=O) groups is 1. The Labute approximate surface area is 159 Å². The molecule has 152 valence electrons. The highest BCUT2D eigenvalue weighted by atomic mass is 19.4. The summed E-state index contributed by atoms with van der Waals surface area (Å²) in [6, 6.07) is 4.92. The monoisotopic (exact) mass is 399 g/mol. The molecular weight excluding hydrogens is 378 g/mol. The number of amides is 1. The molecule has 1 N–H and O–H groups in total. The third kappa shape index (κ3) is 4.16. The molecule has 0 unspecified atom stereocenters. The van der Waals surface area contributed by atoms with Crippen LogP contribution in [-0.4, -0.2) is 52.5 Å². The molecule has 1 aliphatic rings. The lowest BCUT2D eigenvalue weighted by Gasteiger charge is -2.31. The molecule has 0 saturated carbocycles. The van der Waals surface area contributed by atoms with Crippen LogP contribution in [0.5, 0.6) is 0 Å². The number of hydrogen-bond acceptors (Lipinski definition) is 4. The molecule has 28 heavy (non-hydrogen) atoms. The van der Waals surface area contributed by atoms with E-state index in [1.807, 2.05) is 7.05 Å². The molecule has 1 fully saturated rings. The average molecular weight is 399 g/mol. The second-order valence-corrected chi connectivity index (χ2v) is 6.78. The largest absolute Gasteiger partial charge is 0.435 e. The van der Waals surface area contributed by atoms with E-state index in [0.717, 1.165) is 37.9 Å². The molecule has 0 aliphatic carbocycles. The number of likely N-dealkylation sites (tertiary alicyclic amines) is 1. The van der Waals surface area contributed by atoms with Crippen molar-refractivity contribution in [3.63, 3.8) is 0 Å². The molecule has 1 saturated heterocycles. The van der Waals surface area contributed by atoms with Crippen molar-refractivity contribution in [2.45, 2.75) is 25.4 Å². The first-order valence-corrected chi connectivity index (χ1v) is 9.04. The summed E-state index contributed by atoms with van der Waals surface area (Å²) in [4.78, 5) is 14.1. The fraction of sp³-hybridized carbons (Fsp3) is 0.500. The van der Waals surface area contributed by atoms with Gasteiger partial charge in [-0.25, -0.2) is 9.07 Å². The Kier molecular flexibility index (Phi) is 5.97. The molecular formula is C18H21F4N5O. The van der Waals surface area contributed by atoms with Gasteiger partial charge in [0.2, 0.25) is 0 Å². The lowest BCUT2D eigenvalue weighted by molar-refractivity contribution is -0.143. The van der Waals surface area contributed by atoms with Gasteiger partial charge in [-0.3, -0.25) is 4.79 Å². The molecule has 1 amide bonds. The summed E-state index contributed by atoms with van der Waals surface area (Å²) in [5, 5.41) is 9.97. The number of alkyl halides is 3. The normalized spacial score (nSPS) is 15.8. The van der Waals surface area contributed by atoms with E-state index in [-0.39, 0.29) is 0 Å². The standard InChI is InChI=1S/C18H21F4N5O/c1-23-9-6-12-7-10-26(11-8-12)17(28)15-16(18(20,21)22)27(25-24-15)14-5-3-2-4-13(14)19/h2-5,12,23H,6-11H2,1H3. The zero-order valence-electron chi connectivity index (χ0n) is 15.3. The van der Waals surface area contributed by atoms with Crippen molar-refractivity contribution in [2.24, 2.45) is 5.92 Å². The third-order valence-electron chi connectivity index (χ3n) is 4.93. The molecule has 1 aromatic carbocycles. The van der Waals surface area contributed by atoms with Gasteiger partial charge in [-0.15, -0.1) is 5.10 Å². The first-order valence-electron chi connectivity index (χ1n) is 9.04. The minimum absolute atomic E-state index is 0.349. The van der Waals surface area contributed by atoms with Crippen molar-refractivity contribution in [2.75, 3.05) is 26.7 Å². The number of carbonyl (C=O) groups excluding carboxylic acids is 1. The van der Waals surface area contributed by atoms with E-state index < -0.39 is 35.0 Å². The number of para-hydroxylation sites is 1. The van der Waals surface area contributed by atoms with Crippen LogP contribution < -0.4 is 5.32 Å². The highest BCUT2D eigenvalue weighted by molar-refractivity contribution is 5.93. The van der Waals surface area contributed by atoms with E-state index in [4.69, 9.17) is 0 Å². The number of halogens is 4. The predicted octanol–water partition coefficient (Wildman–Crippen LogP) is 2.89. The Hall–Kier alpha value is -2.49. The Balaban J connectivity index is 1.87. The summed E-state index contributed by atoms with van der Waals surface area (Å²) >= 11 is 0. The van der Waals surface area contributed by atoms with Crippen LogP contribution in [0.1, 0.15) is 35.4 Å². The maximum atomic E-state index is 14.0. The number of rotatable bonds is 5. The smallest absolute Gasteiger partial charge is 0.337 e. The Morgan fingerprint density at radius 2 is 1.93 bits per heavy atom. The van der Waals surface area contributed by atoms with E-state index in [0.29, 0.717) is 23.7 Å². The fourth-order valence-electron chi connectivity index (χ4n) is 3.40. The van der Waals surface area contributed by atoms with Gasteiger partial charge in [-0.05, 0) is 50.9 Å². The van der Waals surface area contributed by atoms with Crippen LogP contribution >= 0.6 is 0 Å². The molecule has 1 aromatic heterocycles. The Morgan fingerprint density at radius 1 is 1.25 bits per heavy atom. The van der Waals surface area contributed by atoms with Gasteiger partial charge < -0.3 is 10.2 Å². The van der Waals surface area contributed by atoms with Crippen LogP contribution in [0.2, 0.25) is 0 Å². The SMILES string of the molecule is CNCCC1CCN(C(=O)c2nnn(-c3ccccc3F)c2C(F)(F)F)CC1. The van der Waals surface area contributed by atoms with Gasteiger partial charge in [0.1, 0.15) is 11.5 Å². The number of hydrogen-bond donors (Lipinski definition) is 1. The van der Waals surface area contributed by atoms with Crippen LogP contribution in [0.4, 0.5) is 17.6 Å². The number of benzene rings is 1. The fourth-order valence-corrected chi connectivity index (χ4v) is 3.40. The van der Waals surface area contributed by atoms with E-state index in [1.165, 1.54) is 17.0 Å². The van der Waals surface area contributed by atoms with E-state index in [1.54, 1.807) is 0 Å². The highest BCUT2D eigenvalue weighted by Gasteiger charge is 2.43. The molecule has 2 heterocycles. The molecule has 6 nitrogen and oxygen atoms in total. The molecule has 0 spiro atoms. The van der Waals surface area contributed by atoms with Crippen molar-refractivity contribution in [1.29, 1.82) is 0 Å². The van der Waals surface area contributed by atoms with Gasteiger partial charge in [0.15, 0.2) is 11.4 Å². The molecule has 1 aliphatic heterocycles. The Bertz CT molecular complexity index is 828. The molecule has 0 atom stereocenters. The van der Waals surface area contributed by atoms with Crippen molar-refractivity contribution in [1.82, 2.24) is 25.2 Å². The topological polar surface area (TPSA) is 63.1 Å². The molecule has 10 heteroatoms. The second-order valence-electron chi connectivity index (χ2n) is 6.78. The maximum absolute atomic E-state index is 14.0. The number of nitrogens with zero attached hydrogens (tertiary/aromatic N) is 4. The second kappa shape index (κ2) is 8.26. The van der Waals surface area contributed by atoms with Crippen molar-refractivity contribution < 1.29 is 22.4 Å². The number of nitrogens with one attached hydrogen (secondary N) is 1. The van der Waals surface area contributed by atoms with Crippen LogP contribution in [0.25, 0.3) is 5.69 Å². The number of aromatic nitrogens is 3. The van der Waals surface area contributed by atoms with Gasteiger partial charge >= 0.3 is 6.18 Å².